The minimum absolute atomic E-state index is 0.122. The average Bonchev–Trinajstić information content (AvgIpc) is 3.14. The summed E-state index contributed by atoms with van der Waals surface area (Å²) in [6.07, 6.45) is 0. The van der Waals surface area contributed by atoms with Crippen molar-refractivity contribution in [1.82, 2.24) is 0 Å². The van der Waals surface area contributed by atoms with Crippen LogP contribution in [0.4, 0.5) is 10.7 Å². The van der Waals surface area contributed by atoms with Gasteiger partial charge in [0.2, 0.25) is 0 Å². The predicted molar refractivity (Wildman–Crippen MR) is 122 cm³/mol. The fourth-order valence-corrected chi connectivity index (χ4v) is 4.14. The molecule has 3 aromatic rings. The molecule has 0 spiro atoms. The second-order valence-electron chi connectivity index (χ2n) is 6.59. The highest BCUT2D eigenvalue weighted by Crippen LogP contribution is 2.35. The van der Waals surface area contributed by atoms with Crippen LogP contribution in [0.5, 0.6) is 11.5 Å². The van der Waals surface area contributed by atoms with Crippen molar-refractivity contribution in [2.24, 2.45) is 0 Å². The molecule has 0 atom stereocenters. The van der Waals surface area contributed by atoms with E-state index in [4.69, 9.17) is 14.2 Å². The van der Waals surface area contributed by atoms with E-state index in [0.29, 0.717) is 28.3 Å². The Bertz CT molecular complexity index is 1170. The highest BCUT2D eigenvalue weighted by molar-refractivity contribution is 7.19. The van der Waals surface area contributed by atoms with Gasteiger partial charge < -0.3 is 24.8 Å². The number of amides is 2. The number of ether oxygens (including phenoxy) is 3. The normalized spacial score (nSPS) is 10.2. The lowest BCUT2D eigenvalue weighted by molar-refractivity contribution is 0.0601. The first-order valence-electron chi connectivity index (χ1n) is 9.51. The van der Waals surface area contributed by atoms with Crippen LogP contribution in [-0.4, -0.2) is 39.1 Å². The second-order valence-corrected chi connectivity index (χ2v) is 7.61. The largest absolute Gasteiger partial charge is 0.497 e. The Morgan fingerprint density at radius 2 is 1.62 bits per heavy atom. The molecule has 0 aliphatic heterocycles. The highest BCUT2D eigenvalue weighted by atomic mass is 32.1. The SMILES string of the molecule is COC(=O)c1c(NC(=O)c2ccccc2OC)sc(C(=O)Nc2cccc(OC)c2)c1C. The van der Waals surface area contributed by atoms with Crippen molar-refractivity contribution in [3.63, 3.8) is 0 Å². The van der Waals surface area contributed by atoms with Gasteiger partial charge in [0.1, 0.15) is 16.5 Å². The molecular formula is C23H22N2O6S. The predicted octanol–water partition coefficient (Wildman–Crippen LogP) is 4.36. The summed E-state index contributed by atoms with van der Waals surface area (Å²) in [7, 11) is 4.23. The molecule has 0 unspecified atom stereocenters. The number of esters is 1. The van der Waals surface area contributed by atoms with E-state index in [0.717, 1.165) is 11.3 Å². The Balaban J connectivity index is 1.94. The number of carbonyl (C=O) groups is 3. The topological polar surface area (TPSA) is 103 Å². The summed E-state index contributed by atoms with van der Waals surface area (Å²) in [6.45, 7) is 1.63. The molecular weight excluding hydrogens is 432 g/mol. The third-order valence-corrected chi connectivity index (χ3v) is 5.85. The standard InChI is InChI=1S/C23H22N2O6S/c1-13-18(23(28)31-4)22(25-20(26)16-10-5-6-11-17(16)30-3)32-19(13)21(27)24-14-8-7-9-15(12-14)29-2/h5-12H,1-4H3,(H,24,27)(H,25,26). The molecule has 166 valence electrons. The van der Waals surface area contributed by atoms with Crippen LogP contribution in [0.25, 0.3) is 0 Å². The number of anilines is 2. The lowest BCUT2D eigenvalue weighted by Crippen LogP contribution is -2.15. The maximum absolute atomic E-state index is 12.9. The molecule has 0 saturated carbocycles. The second kappa shape index (κ2) is 9.97. The first-order chi connectivity index (χ1) is 15.4. The monoisotopic (exact) mass is 454 g/mol. The van der Waals surface area contributed by atoms with E-state index in [2.05, 4.69) is 10.6 Å². The first-order valence-corrected chi connectivity index (χ1v) is 10.3. The van der Waals surface area contributed by atoms with Crippen molar-refractivity contribution in [3.05, 3.63) is 70.1 Å². The van der Waals surface area contributed by atoms with Crippen LogP contribution in [0.3, 0.4) is 0 Å². The fourth-order valence-electron chi connectivity index (χ4n) is 3.06. The molecule has 0 bridgehead atoms. The van der Waals surface area contributed by atoms with Gasteiger partial charge in [-0.15, -0.1) is 11.3 Å². The van der Waals surface area contributed by atoms with E-state index in [9.17, 15) is 14.4 Å². The molecule has 2 aromatic carbocycles. The molecule has 1 aromatic heterocycles. The molecule has 8 nitrogen and oxygen atoms in total. The van der Waals surface area contributed by atoms with Gasteiger partial charge in [-0.1, -0.05) is 18.2 Å². The van der Waals surface area contributed by atoms with Gasteiger partial charge in [0, 0.05) is 11.8 Å². The van der Waals surface area contributed by atoms with Gasteiger partial charge in [0.25, 0.3) is 11.8 Å². The zero-order chi connectivity index (χ0) is 23.3. The lowest BCUT2D eigenvalue weighted by Gasteiger charge is -2.09. The van der Waals surface area contributed by atoms with Crippen molar-refractivity contribution in [3.8, 4) is 11.5 Å². The molecule has 0 aliphatic rings. The fraction of sp³-hybridized carbons (Fsp3) is 0.174. The van der Waals surface area contributed by atoms with Crippen molar-refractivity contribution < 1.29 is 28.6 Å². The van der Waals surface area contributed by atoms with Crippen LogP contribution in [0, 0.1) is 6.92 Å². The number of carbonyl (C=O) groups excluding carboxylic acids is 3. The molecule has 0 fully saturated rings. The number of nitrogens with one attached hydrogen (secondary N) is 2. The van der Waals surface area contributed by atoms with Crippen LogP contribution < -0.4 is 20.1 Å². The van der Waals surface area contributed by atoms with Crippen molar-refractivity contribution in [1.29, 1.82) is 0 Å². The summed E-state index contributed by atoms with van der Waals surface area (Å²) in [4.78, 5) is 38.5. The van der Waals surface area contributed by atoms with E-state index >= 15 is 0 Å². The van der Waals surface area contributed by atoms with Crippen molar-refractivity contribution in [2.45, 2.75) is 6.92 Å². The number of hydrogen-bond acceptors (Lipinski definition) is 7. The van der Waals surface area contributed by atoms with Crippen LogP contribution >= 0.6 is 11.3 Å². The summed E-state index contributed by atoms with van der Waals surface area (Å²) < 4.78 is 15.3. The summed E-state index contributed by atoms with van der Waals surface area (Å²) in [6, 6.07) is 13.6. The van der Waals surface area contributed by atoms with Gasteiger partial charge >= 0.3 is 5.97 Å². The van der Waals surface area contributed by atoms with Gasteiger partial charge in [-0.2, -0.15) is 0 Å². The molecule has 3 rings (SSSR count). The minimum atomic E-state index is -0.658. The van der Waals surface area contributed by atoms with Gasteiger partial charge in [0.05, 0.1) is 37.3 Å². The van der Waals surface area contributed by atoms with Crippen LogP contribution in [0.15, 0.2) is 48.5 Å². The Hall–Kier alpha value is -3.85. The van der Waals surface area contributed by atoms with E-state index in [1.54, 1.807) is 55.5 Å². The number of methoxy groups -OCH3 is 3. The van der Waals surface area contributed by atoms with Gasteiger partial charge in [0.15, 0.2) is 0 Å². The smallest absolute Gasteiger partial charge is 0.341 e. The Morgan fingerprint density at radius 1 is 0.875 bits per heavy atom. The van der Waals surface area contributed by atoms with Gasteiger partial charge in [-0.05, 0) is 36.8 Å². The van der Waals surface area contributed by atoms with Crippen molar-refractivity contribution in [2.75, 3.05) is 32.0 Å². The van der Waals surface area contributed by atoms with Gasteiger partial charge in [-0.3, -0.25) is 9.59 Å². The number of benzene rings is 2. The molecule has 0 saturated heterocycles. The molecule has 0 radical (unpaired) electrons. The third-order valence-electron chi connectivity index (χ3n) is 4.65. The summed E-state index contributed by atoms with van der Waals surface area (Å²) >= 11 is 0.987. The number of thiophene rings is 1. The summed E-state index contributed by atoms with van der Waals surface area (Å²) in [5, 5.41) is 5.70. The summed E-state index contributed by atoms with van der Waals surface area (Å²) in [5.74, 6) is -0.591. The highest BCUT2D eigenvalue weighted by Gasteiger charge is 2.27. The number of para-hydroxylation sites is 1. The van der Waals surface area contributed by atoms with Crippen LogP contribution in [0.1, 0.15) is 36.0 Å². The Labute approximate surface area is 189 Å². The van der Waals surface area contributed by atoms with E-state index < -0.39 is 17.8 Å². The minimum Gasteiger partial charge on any atom is -0.497 e. The van der Waals surface area contributed by atoms with E-state index in [1.165, 1.54) is 21.3 Å². The van der Waals surface area contributed by atoms with Crippen molar-refractivity contribution >= 4 is 39.8 Å². The van der Waals surface area contributed by atoms with E-state index in [1.807, 2.05) is 0 Å². The Morgan fingerprint density at radius 3 is 2.31 bits per heavy atom. The maximum atomic E-state index is 12.9. The molecule has 9 heteroatoms. The molecule has 0 aliphatic carbocycles. The number of rotatable bonds is 7. The quantitative estimate of drug-likeness (QED) is 0.514. The number of hydrogen-bond donors (Lipinski definition) is 2. The molecule has 2 amide bonds. The third kappa shape index (κ3) is 4.73. The maximum Gasteiger partial charge on any atom is 0.341 e. The summed E-state index contributed by atoms with van der Waals surface area (Å²) in [5.41, 5.74) is 1.34. The zero-order valence-corrected chi connectivity index (χ0v) is 18.8. The van der Waals surface area contributed by atoms with E-state index in [-0.39, 0.29) is 15.4 Å². The molecule has 32 heavy (non-hydrogen) atoms. The lowest BCUT2D eigenvalue weighted by atomic mass is 10.1. The molecule has 1 heterocycles. The Kier molecular flexibility index (Phi) is 7.11. The van der Waals surface area contributed by atoms with Crippen LogP contribution in [0.2, 0.25) is 0 Å². The first kappa shape index (κ1) is 22.8. The van der Waals surface area contributed by atoms with Gasteiger partial charge in [-0.25, -0.2) is 4.79 Å². The average molecular weight is 455 g/mol. The molecule has 2 N–H and O–H groups in total. The zero-order valence-electron chi connectivity index (χ0n) is 18.0. The van der Waals surface area contributed by atoms with Crippen LogP contribution in [-0.2, 0) is 4.74 Å².